The number of aryl methyl sites for hydroxylation is 1. The molecule has 2 fully saturated rings. The molecule has 2 atom stereocenters. The topological polar surface area (TPSA) is 79.3 Å². The SMILES string of the molecule is Cc1nc(-c2cccnc2)ncc1C(=O)N1CC[C@@H]2CC(=O)N(C)[C@@H]2C1. The molecule has 7 nitrogen and oxygen atoms in total. The summed E-state index contributed by atoms with van der Waals surface area (Å²) < 4.78 is 0. The van der Waals surface area contributed by atoms with E-state index < -0.39 is 0 Å². The second-order valence-corrected chi connectivity index (χ2v) is 7.01. The van der Waals surface area contributed by atoms with Gasteiger partial charge in [-0.1, -0.05) is 0 Å². The summed E-state index contributed by atoms with van der Waals surface area (Å²) in [4.78, 5) is 41.4. The lowest BCUT2D eigenvalue weighted by atomic mass is 9.92. The second kappa shape index (κ2) is 6.48. The van der Waals surface area contributed by atoms with Gasteiger partial charge in [0.15, 0.2) is 5.82 Å². The van der Waals surface area contributed by atoms with Crippen LogP contribution in [0.25, 0.3) is 11.4 Å². The molecule has 4 heterocycles. The third-order valence-corrected chi connectivity index (χ3v) is 5.47. The number of likely N-dealkylation sites (tertiary alicyclic amines) is 2. The molecule has 134 valence electrons. The Labute approximate surface area is 152 Å². The summed E-state index contributed by atoms with van der Waals surface area (Å²) in [6.45, 7) is 3.08. The number of piperidine rings is 1. The van der Waals surface area contributed by atoms with E-state index in [9.17, 15) is 9.59 Å². The predicted octanol–water partition coefficient (Wildman–Crippen LogP) is 1.54. The van der Waals surface area contributed by atoms with Gasteiger partial charge in [0.25, 0.3) is 5.91 Å². The van der Waals surface area contributed by atoms with Crippen LogP contribution >= 0.6 is 0 Å². The molecule has 7 heteroatoms. The largest absolute Gasteiger partial charge is 0.341 e. The number of rotatable bonds is 2. The van der Waals surface area contributed by atoms with Gasteiger partial charge in [-0.25, -0.2) is 9.97 Å². The van der Waals surface area contributed by atoms with E-state index in [4.69, 9.17) is 0 Å². The Balaban J connectivity index is 1.54. The molecule has 2 aromatic heterocycles. The first-order valence-corrected chi connectivity index (χ1v) is 8.83. The number of hydrogen-bond acceptors (Lipinski definition) is 5. The number of carbonyl (C=O) groups excluding carboxylic acids is 2. The number of likely N-dealkylation sites (N-methyl/N-ethyl adjacent to an activating group) is 1. The van der Waals surface area contributed by atoms with Crippen LogP contribution in [-0.4, -0.2) is 62.7 Å². The average Bonchev–Trinajstić information content (AvgIpc) is 2.95. The van der Waals surface area contributed by atoms with Gasteiger partial charge in [0.2, 0.25) is 5.91 Å². The van der Waals surface area contributed by atoms with E-state index in [2.05, 4.69) is 15.0 Å². The summed E-state index contributed by atoms with van der Waals surface area (Å²) in [5.41, 5.74) is 1.99. The van der Waals surface area contributed by atoms with E-state index in [0.717, 1.165) is 12.0 Å². The number of pyridine rings is 1. The van der Waals surface area contributed by atoms with Gasteiger partial charge in [0, 0.05) is 50.7 Å². The van der Waals surface area contributed by atoms with Gasteiger partial charge in [0.05, 0.1) is 17.3 Å². The van der Waals surface area contributed by atoms with Crippen LogP contribution in [0.4, 0.5) is 0 Å². The second-order valence-electron chi connectivity index (χ2n) is 7.01. The standard InChI is InChI=1S/C19H21N5O2/c1-12-15(10-21-18(22-12)14-4-3-6-20-9-14)19(26)24-7-5-13-8-17(25)23(2)16(13)11-24/h3-4,6,9-10,13,16H,5,7-8,11H2,1-2H3/t13-,16-/m1/s1. The Morgan fingerprint density at radius 1 is 1.31 bits per heavy atom. The number of fused-ring (bicyclic) bond motifs is 1. The van der Waals surface area contributed by atoms with Crippen LogP contribution in [0.15, 0.2) is 30.7 Å². The minimum Gasteiger partial charge on any atom is -0.341 e. The summed E-state index contributed by atoms with van der Waals surface area (Å²) in [7, 11) is 1.83. The van der Waals surface area contributed by atoms with Crippen molar-refractivity contribution in [2.75, 3.05) is 20.1 Å². The fourth-order valence-corrected chi connectivity index (χ4v) is 3.88. The Kier molecular flexibility index (Phi) is 4.14. The van der Waals surface area contributed by atoms with Crippen molar-refractivity contribution in [3.05, 3.63) is 42.0 Å². The molecule has 2 saturated heterocycles. The average molecular weight is 351 g/mol. The van der Waals surface area contributed by atoms with Crippen LogP contribution in [0.3, 0.4) is 0 Å². The van der Waals surface area contributed by atoms with Gasteiger partial charge >= 0.3 is 0 Å². The van der Waals surface area contributed by atoms with Gasteiger partial charge in [-0.2, -0.15) is 0 Å². The molecule has 0 aliphatic carbocycles. The Bertz CT molecular complexity index is 854. The summed E-state index contributed by atoms with van der Waals surface area (Å²) in [6, 6.07) is 3.84. The normalized spacial score (nSPS) is 22.5. The van der Waals surface area contributed by atoms with Crippen molar-refractivity contribution in [3.8, 4) is 11.4 Å². The highest BCUT2D eigenvalue weighted by atomic mass is 16.2. The zero-order valence-electron chi connectivity index (χ0n) is 14.9. The maximum Gasteiger partial charge on any atom is 0.257 e. The molecule has 0 unspecified atom stereocenters. The van der Waals surface area contributed by atoms with Crippen molar-refractivity contribution in [1.29, 1.82) is 0 Å². The molecule has 2 aliphatic rings. The Hall–Kier alpha value is -2.83. The maximum atomic E-state index is 13.0. The first-order valence-electron chi connectivity index (χ1n) is 8.83. The molecule has 26 heavy (non-hydrogen) atoms. The van der Waals surface area contributed by atoms with Crippen LogP contribution in [-0.2, 0) is 4.79 Å². The van der Waals surface area contributed by atoms with Crippen molar-refractivity contribution < 1.29 is 9.59 Å². The van der Waals surface area contributed by atoms with Crippen molar-refractivity contribution in [3.63, 3.8) is 0 Å². The highest BCUT2D eigenvalue weighted by molar-refractivity contribution is 5.95. The minimum absolute atomic E-state index is 0.0635. The van der Waals surface area contributed by atoms with E-state index in [-0.39, 0.29) is 17.9 Å². The number of carbonyl (C=O) groups is 2. The lowest BCUT2D eigenvalue weighted by Gasteiger charge is -2.37. The van der Waals surface area contributed by atoms with Crippen LogP contribution in [0.5, 0.6) is 0 Å². The Morgan fingerprint density at radius 3 is 2.88 bits per heavy atom. The van der Waals surface area contributed by atoms with E-state index in [1.165, 1.54) is 0 Å². The van der Waals surface area contributed by atoms with Crippen molar-refractivity contribution in [1.82, 2.24) is 24.8 Å². The summed E-state index contributed by atoms with van der Waals surface area (Å²) in [5.74, 6) is 1.04. The summed E-state index contributed by atoms with van der Waals surface area (Å²) in [5, 5.41) is 0. The van der Waals surface area contributed by atoms with Crippen molar-refractivity contribution >= 4 is 11.8 Å². The van der Waals surface area contributed by atoms with Gasteiger partial charge < -0.3 is 9.80 Å². The third kappa shape index (κ3) is 2.83. The first-order chi connectivity index (χ1) is 12.5. The van der Waals surface area contributed by atoms with Gasteiger partial charge in [-0.15, -0.1) is 0 Å². The molecule has 2 aromatic rings. The lowest BCUT2D eigenvalue weighted by molar-refractivity contribution is -0.127. The molecule has 0 N–H and O–H groups in total. The smallest absolute Gasteiger partial charge is 0.257 e. The fourth-order valence-electron chi connectivity index (χ4n) is 3.88. The predicted molar refractivity (Wildman–Crippen MR) is 95.2 cm³/mol. The van der Waals surface area contributed by atoms with E-state index in [1.807, 2.05) is 31.0 Å². The molecule has 2 amide bonds. The number of hydrogen-bond donors (Lipinski definition) is 0. The van der Waals surface area contributed by atoms with Crippen molar-refractivity contribution in [2.24, 2.45) is 5.92 Å². The zero-order valence-corrected chi connectivity index (χ0v) is 14.9. The van der Waals surface area contributed by atoms with E-state index >= 15 is 0 Å². The monoisotopic (exact) mass is 351 g/mol. The molecule has 0 aromatic carbocycles. The quantitative estimate of drug-likeness (QED) is 0.820. The van der Waals surface area contributed by atoms with Crippen LogP contribution < -0.4 is 0 Å². The number of amides is 2. The molecule has 0 bridgehead atoms. The van der Waals surface area contributed by atoms with E-state index in [0.29, 0.717) is 42.5 Å². The minimum atomic E-state index is -0.0635. The van der Waals surface area contributed by atoms with Crippen LogP contribution in [0, 0.1) is 12.8 Å². The number of aromatic nitrogens is 3. The maximum absolute atomic E-state index is 13.0. The highest BCUT2D eigenvalue weighted by Gasteiger charge is 2.42. The highest BCUT2D eigenvalue weighted by Crippen LogP contribution is 2.32. The molecular formula is C19H21N5O2. The molecular weight excluding hydrogens is 330 g/mol. The van der Waals surface area contributed by atoms with Gasteiger partial charge in [-0.05, 0) is 31.4 Å². The molecule has 4 rings (SSSR count). The van der Waals surface area contributed by atoms with Gasteiger partial charge in [-0.3, -0.25) is 14.6 Å². The third-order valence-electron chi connectivity index (χ3n) is 5.47. The van der Waals surface area contributed by atoms with Crippen molar-refractivity contribution in [2.45, 2.75) is 25.8 Å². The van der Waals surface area contributed by atoms with Crippen LogP contribution in [0.1, 0.15) is 28.9 Å². The molecule has 0 saturated carbocycles. The van der Waals surface area contributed by atoms with Gasteiger partial charge in [0.1, 0.15) is 0 Å². The summed E-state index contributed by atoms with van der Waals surface area (Å²) >= 11 is 0. The molecule has 2 aliphatic heterocycles. The fraction of sp³-hybridized carbons (Fsp3) is 0.421. The number of nitrogens with zero attached hydrogens (tertiary/aromatic N) is 5. The molecule has 0 radical (unpaired) electrons. The zero-order chi connectivity index (χ0) is 18.3. The summed E-state index contributed by atoms with van der Waals surface area (Å²) in [6.07, 6.45) is 6.46. The lowest BCUT2D eigenvalue weighted by Crippen LogP contribution is -2.49. The first kappa shape index (κ1) is 16.6. The van der Waals surface area contributed by atoms with E-state index in [1.54, 1.807) is 23.5 Å². The Morgan fingerprint density at radius 2 is 2.15 bits per heavy atom. The molecule has 0 spiro atoms. The van der Waals surface area contributed by atoms with Crippen LogP contribution in [0.2, 0.25) is 0 Å².